The maximum Gasteiger partial charge on any atom is 0.412 e. The molecular formula is C11H16N2O2. The third kappa shape index (κ3) is 3.97. The van der Waals surface area contributed by atoms with E-state index in [4.69, 9.17) is 4.74 Å². The van der Waals surface area contributed by atoms with Crippen molar-refractivity contribution in [3.63, 3.8) is 0 Å². The van der Waals surface area contributed by atoms with Crippen molar-refractivity contribution in [2.24, 2.45) is 0 Å². The van der Waals surface area contributed by atoms with Crippen molar-refractivity contribution in [2.45, 2.75) is 33.3 Å². The quantitative estimate of drug-likeness (QED) is 0.772. The fourth-order valence-electron chi connectivity index (χ4n) is 1.03. The summed E-state index contributed by atoms with van der Waals surface area (Å²) in [6.45, 7) is 7.29. The molecule has 0 atom stereocenters. The van der Waals surface area contributed by atoms with Crippen LogP contribution in [0, 0.1) is 6.92 Å². The lowest BCUT2D eigenvalue weighted by Crippen LogP contribution is -2.27. The molecule has 0 saturated heterocycles. The number of nitrogens with zero attached hydrogens (tertiary/aromatic N) is 1. The molecule has 4 heteroatoms. The molecule has 0 aliphatic carbocycles. The lowest BCUT2D eigenvalue weighted by Gasteiger charge is -2.19. The average molecular weight is 208 g/mol. The molecule has 1 aromatic heterocycles. The average Bonchev–Trinajstić information content (AvgIpc) is 2.05. The highest BCUT2D eigenvalue weighted by atomic mass is 16.6. The van der Waals surface area contributed by atoms with Gasteiger partial charge in [0.15, 0.2) is 0 Å². The fourth-order valence-corrected chi connectivity index (χ4v) is 1.03. The zero-order chi connectivity index (χ0) is 11.5. The highest BCUT2D eigenvalue weighted by Crippen LogP contribution is 2.13. The van der Waals surface area contributed by atoms with E-state index in [1.807, 2.05) is 27.7 Å². The minimum atomic E-state index is -0.486. The summed E-state index contributed by atoms with van der Waals surface area (Å²) in [7, 11) is 0. The summed E-state index contributed by atoms with van der Waals surface area (Å²) in [6.07, 6.45) is 1.22. The first-order chi connectivity index (χ1) is 6.88. The monoisotopic (exact) mass is 208 g/mol. The Morgan fingerprint density at radius 2 is 2.13 bits per heavy atom. The number of carbonyl (C=O) groups excluding carboxylic acids is 1. The van der Waals surface area contributed by atoms with Gasteiger partial charge in [-0.2, -0.15) is 0 Å². The van der Waals surface area contributed by atoms with Crippen molar-refractivity contribution in [1.29, 1.82) is 0 Å². The van der Waals surface area contributed by atoms with Crippen molar-refractivity contribution < 1.29 is 9.53 Å². The number of nitrogens with one attached hydrogen (secondary N) is 1. The van der Waals surface area contributed by atoms with Crippen LogP contribution in [-0.2, 0) is 4.74 Å². The van der Waals surface area contributed by atoms with Crippen LogP contribution in [0.25, 0.3) is 0 Å². The number of hydrogen-bond acceptors (Lipinski definition) is 3. The molecular weight excluding hydrogens is 192 g/mol. The summed E-state index contributed by atoms with van der Waals surface area (Å²) >= 11 is 0. The van der Waals surface area contributed by atoms with Gasteiger partial charge >= 0.3 is 6.09 Å². The van der Waals surface area contributed by atoms with Crippen LogP contribution in [-0.4, -0.2) is 16.7 Å². The fraction of sp³-hybridized carbons (Fsp3) is 0.455. The van der Waals surface area contributed by atoms with Crippen LogP contribution in [0.5, 0.6) is 0 Å². The second kappa shape index (κ2) is 4.29. The van der Waals surface area contributed by atoms with Crippen LogP contribution < -0.4 is 5.32 Å². The predicted octanol–water partition coefficient (Wildman–Crippen LogP) is 2.74. The summed E-state index contributed by atoms with van der Waals surface area (Å²) in [4.78, 5) is 15.5. The molecule has 0 fully saturated rings. The van der Waals surface area contributed by atoms with E-state index in [2.05, 4.69) is 10.3 Å². The lowest BCUT2D eigenvalue weighted by molar-refractivity contribution is 0.0635. The van der Waals surface area contributed by atoms with Crippen LogP contribution in [0.4, 0.5) is 10.5 Å². The topological polar surface area (TPSA) is 51.2 Å². The zero-order valence-electron chi connectivity index (χ0n) is 9.50. The molecule has 0 bridgehead atoms. The molecule has 1 rings (SSSR count). The second-order valence-corrected chi connectivity index (χ2v) is 4.26. The van der Waals surface area contributed by atoms with Gasteiger partial charge in [0.1, 0.15) is 5.60 Å². The molecule has 0 saturated carbocycles. The molecule has 1 heterocycles. The van der Waals surface area contributed by atoms with Gasteiger partial charge in [-0.15, -0.1) is 0 Å². The molecule has 0 aliphatic rings. The van der Waals surface area contributed by atoms with Gasteiger partial charge in [0.2, 0.25) is 0 Å². The summed E-state index contributed by atoms with van der Waals surface area (Å²) in [5.74, 6) is 0. The van der Waals surface area contributed by atoms with Gasteiger partial charge in [-0.05, 0) is 39.8 Å². The first-order valence-corrected chi connectivity index (χ1v) is 4.80. The predicted molar refractivity (Wildman–Crippen MR) is 58.8 cm³/mol. The van der Waals surface area contributed by atoms with Gasteiger partial charge in [-0.3, -0.25) is 10.3 Å². The summed E-state index contributed by atoms with van der Waals surface area (Å²) in [5.41, 5.74) is 0.954. The molecule has 0 radical (unpaired) electrons. The van der Waals surface area contributed by atoms with Gasteiger partial charge in [-0.25, -0.2) is 4.79 Å². The van der Waals surface area contributed by atoms with Crippen molar-refractivity contribution >= 4 is 11.8 Å². The standard InChI is InChI=1S/C11H16N2O2/c1-8-9(6-5-7-12-8)13-10(14)15-11(2,3)4/h5-7H,1-4H3,(H,13,14). The van der Waals surface area contributed by atoms with Gasteiger partial charge in [0.25, 0.3) is 0 Å². The SMILES string of the molecule is Cc1ncccc1NC(=O)OC(C)(C)C. The number of carbonyl (C=O) groups is 1. The summed E-state index contributed by atoms with van der Waals surface area (Å²) in [5, 5.41) is 2.64. The third-order valence-electron chi connectivity index (χ3n) is 1.64. The lowest BCUT2D eigenvalue weighted by atomic mass is 10.2. The van der Waals surface area contributed by atoms with Crippen LogP contribution in [0.2, 0.25) is 0 Å². The Bertz CT molecular complexity index is 356. The maximum absolute atomic E-state index is 11.4. The number of rotatable bonds is 1. The van der Waals surface area contributed by atoms with E-state index in [1.165, 1.54) is 0 Å². The summed E-state index contributed by atoms with van der Waals surface area (Å²) < 4.78 is 5.12. The van der Waals surface area contributed by atoms with Crippen LogP contribution in [0.15, 0.2) is 18.3 Å². The van der Waals surface area contributed by atoms with E-state index < -0.39 is 11.7 Å². The molecule has 1 aromatic rings. The Kier molecular flexibility index (Phi) is 3.29. The molecule has 4 nitrogen and oxygen atoms in total. The highest BCUT2D eigenvalue weighted by molar-refractivity contribution is 5.85. The molecule has 0 unspecified atom stereocenters. The van der Waals surface area contributed by atoms with Crippen molar-refractivity contribution in [1.82, 2.24) is 4.98 Å². The molecule has 0 aromatic carbocycles. The minimum Gasteiger partial charge on any atom is -0.444 e. The molecule has 15 heavy (non-hydrogen) atoms. The number of aromatic nitrogens is 1. The number of aryl methyl sites for hydroxylation is 1. The first kappa shape index (κ1) is 11.5. The second-order valence-electron chi connectivity index (χ2n) is 4.26. The van der Waals surface area contributed by atoms with E-state index in [-0.39, 0.29) is 0 Å². The van der Waals surface area contributed by atoms with Crippen molar-refractivity contribution in [2.75, 3.05) is 5.32 Å². The van der Waals surface area contributed by atoms with Gasteiger partial charge in [0, 0.05) is 6.20 Å². The van der Waals surface area contributed by atoms with E-state index in [0.717, 1.165) is 5.69 Å². The van der Waals surface area contributed by atoms with Gasteiger partial charge < -0.3 is 4.74 Å². The highest BCUT2D eigenvalue weighted by Gasteiger charge is 2.16. The Morgan fingerprint density at radius 1 is 1.47 bits per heavy atom. The van der Waals surface area contributed by atoms with Crippen molar-refractivity contribution in [3.8, 4) is 0 Å². The van der Waals surface area contributed by atoms with E-state index in [9.17, 15) is 4.79 Å². The first-order valence-electron chi connectivity index (χ1n) is 4.80. The van der Waals surface area contributed by atoms with Crippen LogP contribution >= 0.6 is 0 Å². The number of hydrogen-bond donors (Lipinski definition) is 1. The molecule has 0 spiro atoms. The van der Waals surface area contributed by atoms with Crippen LogP contribution in [0.3, 0.4) is 0 Å². The minimum absolute atomic E-state index is 0.460. The molecule has 82 valence electrons. The third-order valence-corrected chi connectivity index (χ3v) is 1.64. The molecule has 1 amide bonds. The van der Waals surface area contributed by atoms with E-state index in [0.29, 0.717) is 5.69 Å². The number of anilines is 1. The summed E-state index contributed by atoms with van der Waals surface area (Å²) in [6, 6.07) is 3.55. The Morgan fingerprint density at radius 3 is 2.67 bits per heavy atom. The Labute approximate surface area is 89.7 Å². The smallest absolute Gasteiger partial charge is 0.412 e. The van der Waals surface area contributed by atoms with E-state index >= 15 is 0 Å². The Hall–Kier alpha value is -1.58. The number of pyridine rings is 1. The normalized spacial score (nSPS) is 10.9. The Balaban J connectivity index is 2.64. The zero-order valence-corrected chi connectivity index (χ0v) is 9.50. The largest absolute Gasteiger partial charge is 0.444 e. The molecule has 0 aliphatic heterocycles. The van der Waals surface area contributed by atoms with E-state index in [1.54, 1.807) is 18.3 Å². The van der Waals surface area contributed by atoms with Crippen LogP contribution in [0.1, 0.15) is 26.5 Å². The van der Waals surface area contributed by atoms with Gasteiger partial charge in [-0.1, -0.05) is 0 Å². The van der Waals surface area contributed by atoms with Gasteiger partial charge in [0.05, 0.1) is 11.4 Å². The maximum atomic E-state index is 11.4. The molecule has 1 N–H and O–H groups in total. The number of amides is 1. The van der Waals surface area contributed by atoms with Crippen molar-refractivity contribution in [3.05, 3.63) is 24.0 Å². The number of ether oxygens (including phenoxy) is 1.